The Morgan fingerprint density at radius 3 is 0.899 bits per heavy atom. The Labute approximate surface area is 605 Å². The highest BCUT2D eigenvalue weighted by Gasteiger charge is 2.30. The van der Waals surface area contributed by atoms with Crippen LogP contribution in [0.4, 0.5) is 0 Å². The van der Waals surface area contributed by atoms with E-state index in [2.05, 4.69) is 72.8 Å². The highest BCUT2D eigenvalue weighted by Crippen LogP contribution is 2.45. The fourth-order valence-electron chi connectivity index (χ4n) is 11.7. The molecule has 584 valence electrons. The third kappa shape index (κ3) is 72.3. The van der Waals surface area contributed by atoms with E-state index >= 15 is 0 Å². The van der Waals surface area contributed by atoms with Crippen molar-refractivity contribution in [2.75, 3.05) is 39.6 Å². The van der Waals surface area contributed by atoms with Crippen LogP contribution in [0.15, 0.2) is 24.3 Å². The molecule has 0 aliphatic heterocycles. The Hall–Kier alpha value is -2.46. The van der Waals surface area contributed by atoms with Crippen LogP contribution in [0.25, 0.3) is 0 Å². The fourth-order valence-corrected chi connectivity index (χ4v) is 13.3. The first-order valence-electron chi connectivity index (χ1n) is 40.7. The molecule has 0 aromatic rings. The second-order valence-corrected chi connectivity index (χ2v) is 32.2. The molecule has 0 spiro atoms. The van der Waals surface area contributed by atoms with Crippen molar-refractivity contribution in [3.05, 3.63) is 24.3 Å². The van der Waals surface area contributed by atoms with Gasteiger partial charge in [-0.2, -0.15) is 0 Å². The van der Waals surface area contributed by atoms with E-state index in [1.807, 2.05) is 0 Å². The van der Waals surface area contributed by atoms with Gasteiger partial charge in [-0.05, 0) is 69.1 Å². The number of rotatable bonds is 76. The first-order chi connectivity index (χ1) is 47.8. The lowest BCUT2D eigenvalue weighted by Gasteiger charge is -2.21. The molecule has 0 saturated heterocycles. The van der Waals surface area contributed by atoms with Crippen LogP contribution >= 0.6 is 15.6 Å². The lowest BCUT2D eigenvalue weighted by Crippen LogP contribution is -2.30. The van der Waals surface area contributed by atoms with Crippen LogP contribution in [-0.4, -0.2) is 96.7 Å². The van der Waals surface area contributed by atoms with Crippen LogP contribution < -0.4 is 0 Å². The van der Waals surface area contributed by atoms with Gasteiger partial charge in [0.2, 0.25) is 0 Å². The molecule has 0 aromatic carbocycles. The SMILES string of the molecule is CCCCCC/C=C\C=C/CCCCCCCC(=O)OC[C@H](COP(=O)(O)OC[C@@H](O)COP(=O)(O)OC[C@@H](COC(=O)CCCCCCCCCCCC(C)C)OC(=O)CCCCCCCCCCCCCC(C)C)OC(=O)CCCCCCCCCCCCCCCCC(C)CC. The Morgan fingerprint density at radius 2 is 0.596 bits per heavy atom. The summed E-state index contributed by atoms with van der Waals surface area (Å²) in [6, 6.07) is 0. The number of phosphoric acid groups is 2. The van der Waals surface area contributed by atoms with Gasteiger partial charge in [-0.3, -0.25) is 37.3 Å². The van der Waals surface area contributed by atoms with E-state index in [1.165, 1.54) is 180 Å². The number of hydrogen-bond acceptors (Lipinski definition) is 15. The van der Waals surface area contributed by atoms with Gasteiger partial charge in [0.05, 0.1) is 26.4 Å². The number of hydrogen-bond donors (Lipinski definition) is 3. The number of phosphoric ester groups is 2. The van der Waals surface area contributed by atoms with Crippen LogP contribution in [0.2, 0.25) is 0 Å². The molecule has 0 aliphatic carbocycles. The summed E-state index contributed by atoms with van der Waals surface area (Å²) in [6.07, 6.45) is 60.3. The lowest BCUT2D eigenvalue weighted by molar-refractivity contribution is -0.161. The summed E-state index contributed by atoms with van der Waals surface area (Å²) >= 11 is 0. The second kappa shape index (κ2) is 69.9. The van der Waals surface area contributed by atoms with Gasteiger partial charge < -0.3 is 33.8 Å². The lowest BCUT2D eigenvalue weighted by atomic mass is 9.99. The van der Waals surface area contributed by atoms with E-state index in [0.717, 1.165) is 127 Å². The Bertz CT molecular complexity index is 2020. The summed E-state index contributed by atoms with van der Waals surface area (Å²) in [5.74, 6) is 0.207. The quantitative estimate of drug-likeness (QED) is 0.0169. The van der Waals surface area contributed by atoms with E-state index in [9.17, 15) is 43.2 Å². The normalized spacial score (nSPS) is 14.4. The monoisotopic (exact) mass is 1450 g/mol. The predicted octanol–water partition coefficient (Wildman–Crippen LogP) is 23.3. The minimum atomic E-state index is -4.97. The largest absolute Gasteiger partial charge is 0.472 e. The zero-order chi connectivity index (χ0) is 73.0. The fraction of sp³-hybridized carbons (Fsp3) is 0.900. The predicted molar refractivity (Wildman–Crippen MR) is 404 cm³/mol. The minimum absolute atomic E-state index is 0.100. The molecule has 0 aliphatic rings. The molecule has 0 aromatic heterocycles. The number of allylic oxidation sites excluding steroid dienone is 4. The van der Waals surface area contributed by atoms with E-state index in [4.69, 9.17) is 37.0 Å². The van der Waals surface area contributed by atoms with Gasteiger partial charge in [0, 0.05) is 25.7 Å². The van der Waals surface area contributed by atoms with Crippen LogP contribution in [0.5, 0.6) is 0 Å². The number of unbranched alkanes of at least 4 members (excludes halogenated alkanes) is 40. The average molecular weight is 1450 g/mol. The topological polar surface area (TPSA) is 237 Å². The highest BCUT2D eigenvalue weighted by molar-refractivity contribution is 7.47. The second-order valence-electron chi connectivity index (χ2n) is 29.3. The first kappa shape index (κ1) is 96.5. The number of ether oxygens (including phenoxy) is 4. The third-order valence-electron chi connectivity index (χ3n) is 18.4. The average Bonchev–Trinajstić information content (AvgIpc) is 1.13. The maximum atomic E-state index is 13.1. The molecule has 0 bridgehead atoms. The maximum absolute atomic E-state index is 13.1. The standard InChI is InChI=1S/C80H152O17P2/c1-8-10-11-12-13-14-15-16-17-21-26-33-40-47-54-61-77(82)90-67-75(96-79(84)63-56-49-42-34-27-22-19-18-20-25-32-39-46-53-60-73(7)9-2)69-94-98(86,87)92-65-74(81)66-93-99(88,89)95-70-76(68-91-78(83)62-55-48-41-36-29-31-38-45-52-59-72(5)6)97-80(85)64-57-50-43-35-28-23-24-30-37-44-51-58-71(3)4/h14-17,71-76,81H,8-13,18-70H2,1-7H3,(H,86,87)(H,88,89)/b15-14-,17-16-/t73?,74-,75-,76-/m1/s1. The zero-order valence-corrected chi connectivity index (χ0v) is 66.2. The smallest absolute Gasteiger partial charge is 0.462 e. The van der Waals surface area contributed by atoms with Crippen LogP contribution in [-0.2, 0) is 65.4 Å². The summed E-state index contributed by atoms with van der Waals surface area (Å²) in [5.41, 5.74) is 0. The number of aliphatic hydroxyl groups is 1. The molecule has 0 rings (SSSR count). The first-order valence-corrected chi connectivity index (χ1v) is 43.7. The summed E-state index contributed by atoms with van der Waals surface area (Å²) in [7, 11) is -9.93. The van der Waals surface area contributed by atoms with Crippen LogP contribution in [0, 0.1) is 17.8 Å². The third-order valence-corrected chi connectivity index (χ3v) is 20.3. The Morgan fingerprint density at radius 1 is 0.333 bits per heavy atom. The molecule has 0 fully saturated rings. The molecule has 19 heteroatoms. The van der Waals surface area contributed by atoms with E-state index < -0.39 is 97.5 Å². The van der Waals surface area contributed by atoms with Crippen molar-refractivity contribution < 1.29 is 80.2 Å². The van der Waals surface area contributed by atoms with Gasteiger partial charge >= 0.3 is 39.5 Å². The number of esters is 4. The van der Waals surface area contributed by atoms with Gasteiger partial charge in [-0.25, -0.2) is 9.13 Å². The van der Waals surface area contributed by atoms with Crippen molar-refractivity contribution in [3.63, 3.8) is 0 Å². The molecule has 17 nitrogen and oxygen atoms in total. The molecular formula is C80H152O17P2. The molecule has 0 amide bonds. The van der Waals surface area contributed by atoms with Crippen molar-refractivity contribution in [2.45, 2.75) is 407 Å². The van der Waals surface area contributed by atoms with E-state index in [-0.39, 0.29) is 25.7 Å². The molecule has 6 atom stereocenters. The van der Waals surface area contributed by atoms with Gasteiger partial charge in [0.25, 0.3) is 0 Å². The highest BCUT2D eigenvalue weighted by atomic mass is 31.2. The van der Waals surface area contributed by atoms with Gasteiger partial charge in [0.1, 0.15) is 19.3 Å². The molecule has 0 heterocycles. The van der Waals surface area contributed by atoms with Crippen molar-refractivity contribution in [2.24, 2.45) is 17.8 Å². The number of aliphatic hydroxyl groups excluding tert-OH is 1. The van der Waals surface area contributed by atoms with Gasteiger partial charge in [-0.1, -0.05) is 336 Å². The van der Waals surface area contributed by atoms with Crippen molar-refractivity contribution in [1.82, 2.24) is 0 Å². The minimum Gasteiger partial charge on any atom is -0.462 e. The number of carbonyl (C=O) groups excluding carboxylic acids is 4. The Kier molecular flexibility index (Phi) is 68.1. The molecule has 0 radical (unpaired) electrons. The molecular weight excluding hydrogens is 1290 g/mol. The van der Waals surface area contributed by atoms with Crippen LogP contribution in [0.1, 0.15) is 389 Å². The zero-order valence-electron chi connectivity index (χ0n) is 64.4. The number of carbonyl (C=O) groups is 4. The van der Waals surface area contributed by atoms with E-state index in [1.54, 1.807) is 0 Å². The Balaban J connectivity index is 5.30. The summed E-state index contributed by atoms with van der Waals surface area (Å²) in [5, 5.41) is 10.6. The summed E-state index contributed by atoms with van der Waals surface area (Å²) in [6.45, 7) is 11.9. The molecule has 99 heavy (non-hydrogen) atoms. The summed E-state index contributed by atoms with van der Waals surface area (Å²) < 4.78 is 68.7. The van der Waals surface area contributed by atoms with Gasteiger partial charge in [0.15, 0.2) is 12.2 Å². The maximum Gasteiger partial charge on any atom is 0.472 e. The van der Waals surface area contributed by atoms with Crippen LogP contribution in [0.3, 0.4) is 0 Å². The summed E-state index contributed by atoms with van der Waals surface area (Å²) in [4.78, 5) is 73.0. The molecule has 3 N–H and O–H groups in total. The van der Waals surface area contributed by atoms with Crippen molar-refractivity contribution in [3.8, 4) is 0 Å². The van der Waals surface area contributed by atoms with Crippen molar-refractivity contribution in [1.29, 1.82) is 0 Å². The molecule has 0 saturated carbocycles. The van der Waals surface area contributed by atoms with Crippen molar-refractivity contribution >= 4 is 39.5 Å². The van der Waals surface area contributed by atoms with Gasteiger partial charge in [-0.15, -0.1) is 0 Å². The van der Waals surface area contributed by atoms with E-state index in [0.29, 0.717) is 25.7 Å². The molecule has 3 unspecified atom stereocenters.